The molecular weight excluding hydrogens is 354 g/mol. The molecular formula is C19H22ClN3O3. The third-order valence-corrected chi connectivity index (χ3v) is 4.33. The van der Waals surface area contributed by atoms with E-state index in [4.69, 9.17) is 11.6 Å². The molecule has 1 aliphatic carbocycles. The van der Waals surface area contributed by atoms with Crippen LogP contribution in [0.3, 0.4) is 0 Å². The number of phenolic OH excluding ortho intramolecular Hbond substituents is 1. The molecule has 0 radical (unpaired) electrons. The smallest absolute Gasteiger partial charge is 0.270 e. The van der Waals surface area contributed by atoms with Gasteiger partial charge in [0.1, 0.15) is 11.4 Å². The summed E-state index contributed by atoms with van der Waals surface area (Å²) < 4.78 is 0. The Morgan fingerprint density at radius 3 is 2.69 bits per heavy atom. The number of benzene rings is 1. The standard InChI is InChI=1S/C19H22ClN3O3/c1-4-14(11-15(21-3)18(26)23-19(2)7-8-19)22-17(25)10-12-9-13(20)5-6-16(12)24/h4-6,9,11,24H,3,7-8,10H2,1-2H3,(H,22,25)(H,23,26)/b14-4+,15-11-. The Hall–Kier alpha value is -2.60. The van der Waals surface area contributed by atoms with Crippen LogP contribution in [-0.4, -0.2) is 29.2 Å². The van der Waals surface area contributed by atoms with E-state index in [1.807, 2.05) is 6.92 Å². The van der Waals surface area contributed by atoms with E-state index in [-0.39, 0.29) is 35.2 Å². The Balaban J connectivity index is 2.05. The number of nitrogens with one attached hydrogen (secondary N) is 2. The summed E-state index contributed by atoms with van der Waals surface area (Å²) in [7, 11) is 0. The van der Waals surface area contributed by atoms with E-state index in [0.717, 1.165) is 12.8 Å². The summed E-state index contributed by atoms with van der Waals surface area (Å²) in [6.07, 6.45) is 4.91. The number of nitrogens with zero attached hydrogens (tertiary/aromatic N) is 1. The molecule has 1 aromatic rings. The predicted octanol–water partition coefficient (Wildman–Crippen LogP) is 2.86. The minimum Gasteiger partial charge on any atom is -0.508 e. The van der Waals surface area contributed by atoms with E-state index in [2.05, 4.69) is 22.3 Å². The third kappa shape index (κ3) is 5.46. The fourth-order valence-electron chi connectivity index (χ4n) is 2.25. The normalized spacial score (nSPS) is 16.0. The molecule has 0 bridgehead atoms. The Kier molecular flexibility index (Phi) is 6.21. The number of halogens is 1. The monoisotopic (exact) mass is 375 g/mol. The van der Waals surface area contributed by atoms with Gasteiger partial charge < -0.3 is 15.7 Å². The molecule has 2 rings (SSSR count). The van der Waals surface area contributed by atoms with E-state index in [9.17, 15) is 14.7 Å². The van der Waals surface area contributed by atoms with Crippen LogP contribution in [0.15, 0.2) is 46.7 Å². The van der Waals surface area contributed by atoms with E-state index in [0.29, 0.717) is 16.3 Å². The molecule has 0 aliphatic heterocycles. The van der Waals surface area contributed by atoms with Crippen LogP contribution >= 0.6 is 11.6 Å². The fraction of sp³-hybridized carbons (Fsp3) is 0.316. The second kappa shape index (κ2) is 8.19. The maximum atomic E-state index is 12.2. The minimum atomic E-state index is -0.357. The highest BCUT2D eigenvalue weighted by Crippen LogP contribution is 2.34. The van der Waals surface area contributed by atoms with Crippen LogP contribution in [0.25, 0.3) is 0 Å². The van der Waals surface area contributed by atoms with Gasteiger partial charge in [0.2, 0.25) is 5.91 Å². The fourth-order valence-corrected chi connectivity index (χ4v) is 2.44. The molecule has 1 aliphatic rings. The molecule has 7 heteroatoms. The molecule has 1 saturated carbocycles. The number of hydrogen-bond acceptors (Lipinski definition) is 4. The highest BCUT2D eigenvalue weighted by atomic mass is 35.5. The number of rotatable bonds is 7. The summed E-state index contributed by atoms with van der Waals surface area (Å²) >= 11 is 5.89. The maximum Gasteiger partial charge on any atom is 0.270 e. The number of carbonyl (C=O) groups is 2. The first kappa shape index (κ1) is 19.7. The van der Waals surface area contributed by atoms with Crippen molar-refractivity contribution in [2.45, 2.75) is 38.6 Å². The quantitative estimate of drug-likeness (QED) is 0.389. The van der Waals surface area contributed by atoms with Gasteiger partial charge >= 0.3 is 0 Å². The summed E-state index contributed by atoms with van der Waals surface area (Å²) in [5, 5.41) is 15.8. The number of aliphatic imine (C=N–C) groups is 1. The van der Waals surface area contributed by atoms with Crippen molar-refractivity contribution < 1.29 is 14.7 Å². The molecule has 6 nitrogen and oxygen atoms in total. The Morgan fingerprint density at radius 1 is 1.42 bits per heavy atom. The maximum absolute atomic E-state index is 12.2. The van der Waals surface area contributed by atoms with Crippen LogP contribution in [0.1, 0.15) is 32.3 Å². The Morgan fingerprint density at radius 2 is 2.12 bits per heavy atom. The second-order valence-corrected chi connectivity index (χ2v) is 6.88. The zero-order valence-corrected chi connectivity index (χ0v) is 15.6. The van der Waals surface area contributed by atoms with E-state index >= 15 is 0 Å². The minimum absolute atomic E-state index is 0.00683. The van der Waals surface area contributed by atoms with E-state index in [1.165, 1.54) is 18.2 Å². The average Bonchev–Trinajstić information content (AvgIpc) is 3.31. The Bertz CT molecular complexity index is 795. The number of hydrogen-bond donors (Lipinski definition) is 3. The van der Waals surface area contributed by atoms with Crippen molar-refractivity contribution in [2.75, 3.05) is 0 Å². The molecule has 0 aromatic heterocycles. The first-order chi connectivity index (χ1) is 12.3. The van der Waals surface area contributed by atoms with Crippen molar-refractivity contribution in [1.82, 2.24) is 10.6 Å². The SMILES string of the molecule is C=N/C(=C\C(=C/C)NC(=O)Cc1cc(Cl)ccc1O)C(=O)NC1(C)CC1. The molecule has 0 atom stereocenters. The van der Waals surface area contributed by atoms with Gasteiger partial charge in [-0.05, 0) is 57.7 Å². The third-order valence-electron chi connectivity index (χ3n) is 4.10. The van der Waals surface area contributed by atoms with Gasteiger partial charge in [-0.3, -0.25) is 14.6 Å². The van der Waals surface area contributed by atoms with Crippen molar-refractivity contribution in [3.8, 4) is 5.75 Å². The number of amides is 2. The van der Waals surface area contributed by atoms with Gasteiger partial charge in [0.15, 0.2) is 0 Å². The van der Waals surface area contributed by atoms with Gasteiger partial charge in [-0.1, -0.05) is 17.7 Å². The lowest BCUT2D eigenvalue weighted by Crippen LogP contribution is -2.35. The molecule has 0 saturated heterocycles. The van der Waals surface area contributed by atoms with Crippen LogP contribution in [-0.2, 0) is 16.0 Å². The second-order valence-electron chi connectivity index (χ2n) is 6.44. The zero-order chi connectivity index (χ0) is 19.3. The van der Waals surface area contributed by atoms with Crippen molar-refractivity contribution >= 4 is 30.1 Å². The summed E-state index contributed by atoms with van der Waals surface area (Å²) in [6, 6.07) is 4.51. The van der Waals surface area contributed by atoms with E-state index in [1.54, 1.807) is 19.1 Å². The topological polar surface area (TPSA) is 90.8 Å². The zero-order valence-electron chi connectivity index (χ0n) is 14.8. The van der Waals surface area contributed by atoms with Crippen LogP contribution in [0.4, 0.5) is 0 Å². The van der Waals surface area contributed by atoms with Crippen molar-refractivity contribution in [3.63, 3.8) is 0 Å². The molecule has 2 amide bonds. The van der Waals surface area contributed by atoms with Crippen LogP contribution in [0.5, 0.6) is 5.75 Å². The van der Waals surface area contributed by atoms with Crippen molar-refractivity contribution in [3.05, 3.63) is 52.3 Å². The number of allylic oxidation sites excluding steroid dienone is 2. The van der Waals surface area contributed by atoms with Gasteiger partial charge in [-0.25, -0.2) is 0 Å². The summed E-state index contributed by atoms with van der Waals surface area (Å²) in [4.78, 5) is 28.2. The lowest BCUT2D eigenvalue weighted by molar-refractivity contribution is -0.120. The first-order valence-corrected chi connectivity index (χ1v) is 8.58. The molecule has 138 valence electrons. The highest BCUT2D eigenvalue weighted by molar-refractivity contribution is 6.30. The lowest BCUT2D eigenvalue weighted by atomic mass is 10.1. The number of aromatic hydroxyl groups is 1. The largest absolute Gasteiger partial charge is 0.508 e. The molecule has 1 aromatic carbocycles. The van der Waals surface area contributed by atoms with Gasteiger partial charge in [0.05, 0.1) is 6.42 Å². The summed E-state index contributed by atoms with van der Waals surface area (Å²) in [5.41, 5.74) is 0.771. The van der Waals surface area contributed by atoms with Gasteiger partial charge in [0.25, 0.3) is 5.91 Å². The van der Waals surface area contributed by atoms with Crippen molar-refractivity contribution in [1.29, 1.82) is 0 Å². The summed E-state index contributed by atoms with van der Waals surface area (Å²) in [6.45, 7) is 7.11. The van der Waals surface area contributed by atoms with Gasteiger partial charge in [-0.15, -0.1) is 0 Å². The van der Waals surface area contributed by atoms with Gasteiger partial charge in [0, 0.05) is 21.8 Å². The van der Waals surface area contributed by atoms with Crippen molar-refractivity contribution in [2.24, 2.45) is 4.99 Å². The molecule has 0 unspecified atom stereocenters. The number of phenols is 1. The molecule has 26 heavy (non-hydrogen) atoms. The average molecular weight is 376 g/mol. The number of carbonyl (C=O) groups excluding carboxylic acids is 2. The molecule has 1 fully saturated rings. The summed E-state index contributed by atoms with van der Waals surface area (Å²) in [5.74, 6) is -0.696. The van der Waals surface area contributed by atoms with Crippen LogP contribution in [0, 0.1) is 0 Å². The molecule has 0 spiro atoms. The highest BCUT2D eigenvalue weighted by Gasteiger charge is 2.39. The van der Waals surface area contributed by atoms with Crippen LogP contribution in [0.2, 0.25) is 5.02 Å². The predicted molar refractivity (Wildman–Crippen MR) is 102 cm³/mol. The van der Waals surface area contributed by atoms with Crippen LogP contribution < -0.4 is 10.6 Å². The van der Waals surface area contributed by atoms with Gasteiger partial charge in [-0.2, -0.15) is 0 Å². The lowest BCUT2D eigenvalue weighted by Gasteiger charge is -2.12. The first-order valence-electron chi connectivity index (χ1n) is 8.21. The molecule has 3 N–H and O–H groups in total. The molecule has 0 heterocycles. The van der Waals surface area contributed by atoms with E-state index < -0.39 is 0 Å². The Labute approximate surface area is 157 Å².